The second-order valence-corrected chi connectivity index (χ2v) is 3.77. The maximum absolute atomic E-state index is 8.98. The van der Waals surface area contributed by atoms with Crippen molar-refractivity contribution in [3.63, 3.8) is 0 Å². The van der Waals surface area contributed by atoms with Gasteiger partial charge in [-0.3, -0.25) is 4.90 Å². The molecule has 0 bridgehead atoms. The molecule has 0 amide bonds. The Balaban J connectivity index is 0.000000671. The number of rotatable bonds is 3. The van der Waals surface area contributed by atoms with Gasteiger partial charge in [0.15, 0.2) is 0 Å². The minimum Gasteiger partial charge on any atom is -0.400 e. The molecule has 1 fully saturated rings. The van der Waals surface area contributed by atoms with Gasteiger partial charge in [0.25, 0.3) is 0 Å². The second-order valence-electron chi connectivity index (χ2n) is 3.41. The van der Waals surface area contributed by atoms with Crippen LogP contribution in [-0.4, -0.2) is 53.7 Å². The first-order valence-electron chi connectivity index (χ1n) is 4.68. The lowest BCUT2D eigenvalue weighted by Crippen LogP contribution is -2.37. The Morgan fingerprint density at radius 2 is 2.15 bits per heavy atom. The summed E-state index contributed by atoms with van der Waals surface area (Å²) in [4.78, 5) is 2.33. The summed E-state index contributed by atoms with van der Waals surface area (Å²) in [5, 5.41) is 16.0. The van der Waals surface area contributed by atoms with Crippen LogP contribution in [0.3, 0.4) is 0 Å². The Kier molecular flexibility index (Phi) is 7.75. The lowest BCUT2D eigenvalue weighted by atomic mass is 10.2. The molecule has 1 heterocycles. The zero-order valence-electron chi connectivity index (χ0n) is 8.48. The summed E-state index contributed by atoms with van der Waals surface area (Å²) in [7, 11) is 1.00. The summed E-state index contributed by atoms with van der Waals surface area (Å²) < 4.78 is 0. The minimum atomic E-state index is 0.246. The zero-order chi connectivity index (χ0) is 10.3. The predicted molar refractivity (Wildman–Crippen MR) is 58.2 cm³/mol. The van der Waals surface area contributed by atoms with E-state index in [2.05, 4.69) is 24.5 Å². The van der Waals surface area contributed by atoms with E-state index in [1.54, 1.807) is 0 Å². The van der Waals surface area contributed by atoms with Crippen LogP contribution in [0.2, 0.25) is 0 Å². The molecule has 2 unspecified atom stereocenters. The lowest BCUT2D eigenvalue weighted by Gasteiger charge is -2.23. The van der Waals surface area contributed by atoms with Crippen LogP contribution in [-0.2, 0) is 0 Å². The van der Waals surface area contributed by atoms with Gasteiger partial charge in [0.1, 0.15) is 0 Å². The van der Waals surface area contributed by atoms with E-state index in [1.165, 1.54) is 6.42 Å². The van der Waals surface area contributed by atoms with Crippen molar-refractivity contribution in [1.82, 2.24) is 4.90 Å². The van der Waals surface area contributed by atoms with E-state index >= 15 is 0 Å². The molecule has 13 heavy (non-hydrogen) atoms. The largest absolute Gasteiger partial charge is 0.400 e. The Morgan fingerprint density at radius 3 is 2.46 bits per heavy atom. The van der Waals surface area contributed by atoms with E-state index in [9.17, 15) is 0 Å². The van der Waals surface area contributed by atoms with Gasteiger partial charge in [-0.1, -0.05) is 6.92 Å². The molecule has 1 saturated heterocycles. The van der Waals surface area contributed by atoms with Crippen LogP contribution in [0.1, 0.15) is 13.3 Å². The summed E-state index contributed by atoms with van der Waals surface area (Å²) in [6.45, 7) is 4.77. The first-order valence-corrected chi connectivity index (χ1v) is 5.31. The van der Waals surface area contributed by atoms with Crippen molar-refractivity contribution >= 4 is 12.6 Å². The van der Waals surface area contributed by atoms with Crippen molar-refractivity contribution in [3.8, 4) is 0 Å². The van der Waals surface area contributed by atoms with Gasteiger partial charge in [0.2, 0.25) is 0 Å². The van der Waals surface area contributed by atoms with Gasteiger partial charge in [-0.05, 0) is 18.9 Å². The zero-order valence-corrected chi connectivity index (χ0v) is 9.37. The van der Waals surface area contributed by atoms with Gasteiger partial charge in [-0.2, -0.15) is 12.6 Å². The number of nitrogens with zero attached hydrogens (tertiary/aromatic N) is 1. The molecule has 0 spiro atoms. The maximum Gasteiger partial charge on any atom is 0.0594 e. The SMILES string of the molecule is CC1CCN(C(CO)CS)C1.CO. The number of thiol groups is 1. The van der Waals surface area contributed by atoms with Crippen LogP contribution in [0.25, 0.3) is 0 Å². The molecule has 1 aliphatic rings. The van der Waals surface area contributed by atoms with Crippen molar-refractivity contribution in [3.05, 3.63) is 0 Å². The van der Waals surface area contributed by atoms with Crippen LogP contribution >= 0.6 is 12.6 Å². The standard InChI is InChI=1S/C8H17NOS.CH4O/c1-7-2-3-9(4-7)8(5-10)6-11;1-2/h7-8,10-11H,2-6H2,1H3;2H,1H3. The molecular weight excluding hydrogens is 186 g/mol. The smallest absolute Gasteiger partial charge is 0.0594 e. The average molecular weight is 207 g/mol. The molecular formula is C9H21NO2S. The summed E-state index contributed by atoms with van der Waals surface area (Å²) in [6.07, 6.45) is 1.27. The third kappa shape index (κ3) is 4.31. The molecule has 0 radical (unpaired) electrons. The number of hydrogen-bond acceptors (Lipinski definition) is 4. The van der Waals surface area contributed by atoms with Crippen LogP contribution in [0.4, 0.5) is 0 Å². The van der Waals surface area contributed by atoms with E-state index in [-0.39, 0.29) is 12.6 Å². The highest BCUT2D eigenvalue weighted by Gasteiger charge is 2.24. The molecule has 2 atom stereocenters. The van der Waals surface area contributed by atoms with Gasteiger partial charge >= 0.3 is 0 Å². The highest BCUT2D eigenvalue weighted by molar-refractivity contribution is 7.80. The Bertz CT molecular complexity index is 120. The summed E-state index contributed by atoms with van der Waals surface area (Å²) in [6, 6.07) is 0.281. The molecule has 2 N–H and O–H groups in total. The molecule has 80 valence electrons. The third-order valence-electron chi connectivity index (χ3n) is 2.39. The van der Waals surface area contributed by atoms with E-state index < -0.39 is 0 Å². The predicted octanol–water partition coefficient (Wildman–Crippen LogP) is 0.227. The fraction of sp³-hybridized carbons (Fsp3) is 1.00. The quantitative estimate of drug-likeness (QED) is 0.580. The van der Waals surface area contributed by atoms with Gasteiger partial charge in [0.05, 0.1) is 6.61 Å². The first kappa shape index (κ1) is 13.2. The minimum absolute atomic E-state index is 0.246. The summed E-state index contributed by atoms with van der Waals surface area (Å²) in [5.41, 5.74) is 0. The molecule has 0 saturated carbocycles. The molecule has 3 nitrogen and oxygen atoms in total. The summed E-state index contributed by atoms with van der Waals surface area (Å²) >= 11 is 4.20. The molecule has 0 aromatic heterocycles. The number of aliphatic hydroxyl groups excluding tert-OH is 2. The first-order chi connectivity index (χ1) is 6.27. The summed E-state index contributed by atoms with van der Waals surface area (Å²) in [5.74, 6) is 1.56. The van der Waals surface area contributed by atoms with Crippen LogP contribution < -0.4 is 0 Å². The molecule has 4 heteroatoms. The van der Waals surface area contributed by atoms with Gasteiger partial charge in [-0.25, -0.2) is 0 Å². The Hall–Kier alpha value is 0.230. The fourth-order valence-corrected chi connectivity index (χ4v) is 1.94. The van der Waals surface area contributed by atoms with Crippen LogP contribution in [0.15, 0.2) is 0 Å². The molecule has 0 aromatic rings. The van der Waals surface area contributed by atoms with E-state index in [1.807, 2.05) is 0 Å². The monoisotopic (exact) mass is 207 g/mol. The van der Waals surface area contributed by atoms with Gasteiger partial charge in [0, 0.05) is 25.4 Å². The van der Waals surface area contributed by atoms with Crippen molar-refractivity contribution in [2.75, 3.05) is 32.6 Å². The van der Waals surface area contributed by atoms with Crippen molar-refractivity contribution in [2.24, 2.45) is 5.92 Å². The third-order valence-corrected chi connectivity index (χ3v) is 2.81. The van der Waals surface area contributed by atoms with Crippen LogP contribution in [0.5, 0.6) is 0 Å². The maximum atomic E-state index is 8.98. The number of likely N-dealkylation sites (tertiary alicyclic amines) is 1. The number of aliphatic hydroxyl groups is 2. The highest BCUT2D eigenvalue weighted by atomic mass is 32.1. The topological polar surface area (TPSA) is 43.7 Å². The van der Waals surface area contributed by atoms with Crippen LogP contribution in [0, 0.1) is 5.92 Å². The molecule has 1 rings (SSSR count). The molecule has 1 aliphatic heterocycles. The van der Waals surface area contributed by atoms with Gasteiger partial charge < -0.3 is 10.2 Å². The van der Waals surface area contributed by atoms with Crippen molar-refractivity contribution in [1.29, 1.82) is 0 Å². The lowest BCUT2D eigenvalue weighted by molar-refractivity contribution is 0.158. The van der Waals surface area contributed by atoms with Gasteiger partial charge in [-0.15, -0.1) is 0 Å². The van der Waals surface area contributed by atoms with E-state index in [0.29, 0.717) is 0 Å². The average Bonchev–Trinajstić information content (AvgIpc) is 2.58. The molecule has 0 aliphatic carbocycles. The van der Waals surface area contributed by atoms with E-state index in [4.69, 9.17) is 10.2 Å². The Morgan fingerprint density at radius 1 is 1.54 bits per heavy atom. The fourth-order valence-electron chi connectivity index (χ4n) is 1.59. The van der Waals surface area contributed by atoms with E-state index in [0.717, 1.165) is 31.9 Å². The highest BCUT2D eigenvalue weighted by Crippen LogP contribution is 2.17. The Labute approximate surface area is 86.2 Å². The van der Waals surface area contributed by atoms with Crippen molar-refractivity contribution in [2.45, 2.75) is 19.4 Å². The number of hydrogen-bond donors (Lipinski definition) is 3. The second kappa shape index (κ2) is 7.62. The molecule has 0 aromatic carbocycles. The van der Waals surface area contributed by atoms with Crippen molar-refractivity contribution < 1.29 is 10.2 Å². The normalized spacial score (nSPS) is 25.2.